The van der Waals surface area contributed by atoms with E-state index in [0.29, 0.717) is 12.1 Å². The van der Waals surface area contributed by atoms with E-state index in [9.17, 15) is 0 Å². The van der Waals surface area contributed by atoms with Crippen molar-refractivity contribution in [2.45, 2.75) is 66.1 Å². The van der Waals surface area contributed by atoms with Gasteiger partial charge in [-0.05, 0) is 32.6 Å². The molecule has 114 valence electrons. The van der Waals surface area contributed by atoms with Crippen LogP contribution >= 0.6 is 11.3 Å². The number of nitrogens with one attached hydrogen (secondary N) is 1. The van der Waals surface area contributed by atoms with Crippen molar-refractivity contribution in [1.29, 1.82) is 0 Å². The van der Waals surface area contributed by atoms with Gasteiger partial charge in [0.15, 0.2) is 0 Å². The third-order valence-electron chi connectivity index (χ3n) is 4.25. The summed E-state index contributed by atoms with van der Waals surface area (Å²) in [6.45, 7) is 14.5. The van der Waals surface area contributed by atoms with Crippen LogP contribution in [0.4, 0.5) is 0 Å². The average molecular weight is 295 g/mol. The second-order valence-corrected chi connectivity index (χ2v) is 7.76. The minimum atomic E-state index is 0.639. The first kappa shape index (κ1) is 15.9. The first-order chi connectivity index (χ1) is 9.49. The molecule has 2 atom stereocenters. The van der Waals surface area contributed by atoms with Crippen LogP contribution in [-0.2, 0) is 6.54 Å². The molecule has 0 aromatic carbocycles. The van der Waals surface area contributed by atoms with Crippen molar-refractivity contribution in [2.24, 2.45) is 5.92 Å². The Kier molecular flexibility index (Phi) is 5.58. The molecule has 4 heteroatoms. The van der Waals surface area contributed by atoms with Gasteiger partial charge in [0, 0.05) is 30.1 Å². The predicted octanol–water partition coefficient (Wildman–Crippen LogP) is 3.36. The van der Waals surface area contributed by atoms with Crippen molar-refractivity contribution in [2.75, 3.05) is 13.1 Å². The van der Waals surface area contributed by atoms with Gasteiger partial charge in [0.05, 0.1) is 12.2 Å². The topological polar surface area (TPSA) is 28.2 Å². The molecular formula is C16H29N3S. The summed E-state index contributed by atoms with van der Waals surface area (Å²) >= 11 is 1.86. The fourth-order valence-corrected chi connectivity index (χ4v) is 3.99. The highest BCUT2D eigenvalue weighted by Gasteiger charge is 2.27. The maximum Gasteiger partial charge on any atom is 0.107 e. The maximum absolute atomic E-state index is 4.72. The molecule has 0 spiro atoms. The fourth-order valence-electron chi connectivity index (χ4n) is 3.03. The van der Waals surface area contributed by atoms with Crippen molar-refractivity contribution >= 4 is 11.3 Å². The lowest BCUT2D eigenvalue weighted by Gasteiger charge is -2.40. The van der Waals surface area contributed by atoms with Gasteiger partial charge in [0.2, 0.25) is 0 Å². The Morgan fingerprint density at radius 1 is 1.40 bits per heavy atom. The van der Waals surface area contributed by atoms with Gasteiger partial charge < -0.3 is 5.32 Å². The summed E-state index contributed by atoms with van der Waals surface area (Å²) in [5.41, 5.74) is 1.20. The van der Waals surface area contributed by atoms with Crippen LogP contribution < -0.4 is 5.32 Å². The van der Waals surface area contributed by atoms with Gasteiger partial charge in [-0.2, -0.15) is 0 Å². The van der Waals surface area contributed by atoms with Crippen LogP contribution in [0.3, 0.4) is 0 Å². The van der Waals surface area contributed by atoms with Crippen LogP contribution in [0.25, 0.3) is 0 Å². The second kappa shape index (κ2) is 7.01. The van der Waals surface area contributed by atoms with Gasteiger partial charge in [0.1, 0.15) is 5.01 Å². The monoisotopic (exact) mass is 295 g/mol. The first-order valence-electron chi connectivity index (χ1n) is 7.89. The molecule has 1 aliphatic rings. The smallest absolute Gasteiger partial charge is 0.107 e. The number of piperazine rings is 1. The summed E-state index contributed by atoms with van der Waals surface area (Å²) in [6.07, 6.45) is 2.48. The van der Waals surface area contributed by atoms with Gasteiger partial charge in [-0.25, -0.2) is 4.98 Å². The number of nitrogens with zero attached hydrogens (tertiary/aromatic N) is 2. The number of rotatable bonds is 5. The Balaban J connectivity index is 2.01. The number of aryl methyl sites for hydroxylation is 2. The lowest BCUT2D eigenvalue weighted by atomic mass is 9.99. The van der Waals surface area contributed by atoms with Crippen LogP contribution in [0, 0.1) is 19.8 Å². The quantitative estimate of drug-likeness (QED) is 0.903. The molecule has 1 aromatic rings. The molecule has 2 rings (SSSR count). The first-order valence-corrected chi connectivity index (χ1v) is 8.71. The number of aromatic nitrogens is 1. The van der Waals surface area contributed by atoms with Crippen molar-refractivity contribution in [3.05, 3.63) is 15.6 Å². The van der Waals surface area contributed by atoms with E-state index in [1.54, 1.807) is 0 Å². The molecule has 0 saturated carbocycles. The normalized spacial score (nSPS) is 24.5. The van der Waals surface area contributed by atoms with E-state index in [1.165, 1.54) is 28.4 Å². The minimum Gasteiger partial charge on any atom is -0.311 e. The highest BCUT2D eigenvalue weighted by atomic mass is 32.1. The number of thiazole rings is 1. The highest BCUT2D eigenvalue weighted by Crippen LogP contribution is 2.22. The Morgan fingerprint density at radius 2 is 2.15 bits per heavy atom. The lowest BCUT2D eigenvalue weighted by molar-refractivity contribution is 0.111. The Hall–Kier alpha value is -0.450. The minimum absolute atomic E-state index is 0.639. The third-order valence-corrected chi connectivity index (χ3v) is 5.31. The summed E-state index contributed by atoms with van der Waals surface area (Å²) in [6, 6.07) is 1.29. The summed E-state index contributed by atoms with van der Waals surface area (Å²) in [5, 5.41) is 5.01. The summed E-state index contributed by atoms with van der Waals surface area (Å²) in [4.78, 5) is 8.72. The zero-order valence-corrected chi connectivity index (χ0v) is 14.4. The van der Waals surface area contributed by atoms with E-state index in [-0.39, 0.29) is 0 Å². The van der Waals surface area contributed by atoms with Crippen LogP contribution in [0.1, 0.15) is 49.2 Å². The van der Waals surface area contributed by atoms with Crippen molar-refractivity contribution in [1.82, 2.24) is 15.2 Å². The van der Waals surface area contributed by atoms with Gasteiger partial charge in [-0.3, -0.25) is 4.90 Å². The average Bonchev–Trinajstić information content (AvgIpc) is 2.68. The Bertz CT molecular complexity index is 408. The number of hydrogen-bond acceptors (Lipinski definition) is 4. The second-order valence-electron chi connectivity index (χ2n) is 6.48. The van der Waals surface area contributed by atoms with E-state index < -0.39 is 0 Å². The summed E-state index contributed by atoms with van der Waals surface area (Å²) in [5.74, 6) is 0.761. The molecule has 0 amide bonds. The molecule has 3 nitrogen and oxygen atoms in total. The Labute approximate surface area is 127 Å². The van der Waals surface area contributed by atoms with Crippen LogP contribution in [0.15, 0.2) is 0 Å². The zero-order valence-electron chi connectivity index (χ0n) is 13.6. The standard InChI is InChI=1S/C16H29N3S/c1-6-15-8-17-14(7-11(2)3)9-19(15)10-16-18-12(4)13(5)20-16/h11,14-15,17H,6-10H2,1-5H3. The Morgan fingerprint density at radius 3 is 2.70 bits per heavy atom. The summed E-state index contributed by atoms with van der Waals surface area (Å²) < 4.78 is 0. The molecule has 1 aromatic heterocycles. The molecule has 1 fully saturated rings. The van der Waals surface area contributed by atoms with E-state index in [2.05, 4.69) is 44.8 Å². The van der Waals surface area contributed by atoms with Gasteiger partial charge in [0.25, 0.3) is 0 Å². The molecule has 1 saturated heterocycles. The molecule has 20 heavy (non-hydrogen) atoms. The van der Waals surface area contributed by atoms with Crippen LogP contribution in [0.5, 0.6) is 0 Å². The van der Waals surface area contributed by atoms with Gasteiger partial charge in [-0.1, -0.05) is 20.8 Å². The van der Waals surface area contributed by atoms with E-state index in [1.807, 2.05) is 11.3 Å². The third kappa shape index (κ3) is 4.03. The van der Waals surface area contributed by atoms with Crippen molar-refractivity contribution in [3.63, 3.8) is 0 Å². The molecule has 1 aliphatic heterocycles. The predicted molar refractivity (Wildman–Crippen MR) is 87.3 cm³/mol. The van der Waals surface area contributed by atoms with Gasteiger partial charge in [-0.15, -0.1) is 11.3 Å². The van der Waals surface area contributed by atoms with Crippen molar-refractivity contribution in [3.8, 4) is 0 Å². The van der Waals surface area contributed by atoms with Crippen LogP contribution in [-0.4, -0.2) is 35.1 Å². The lowest BCUT2D eigenvalue weighted by Crippen LogP contribution is -2.56. The molecule has 1 N–H and O–H groups in total. The number of hydrogen-bond donors (Lipinski definition) is 1. The highest BCUT2D eigenvalue weighted by molar-refractivity contribution is 7.11. The maximum atomic E-state index is 4.72. The molecule has 0 aliphatic carbocycles. The van der Waals surface area contributed by atoms with Crippen LogP contribution in [0.2, 0.25) is 0 Å². The van der Waals surface area contributed by atoms with E-state index >= 15 is 0 Å². The zero-order chi connectivity index (χ0) is 14.7. The van der Waals surface area contributed by atoms with Gasteiger partial charge >= 0.3 is 0 Å². The van der Waals surface area contributed by atoms with E-state index in [4.69, 9.17) is 4.98 Å². The molecule has 0 radical (unpaired) electrons. The largest absolute Gasteiger partial charge is 0.311 e. The molecule has 2 heterocycles. The molecule has 2 unspecified atom stereocenters. The molecular weight excluding hydrogens is 266 g/mol. The SMILES string of the molecule is CCC1CNC(CC(C)C)CN1Cc1nc(C)c(C)s1. The fraction of sp³-hybridized carbons (Fsp3) is 0.812. The summed E-state index contributed by atoms with van der Waals surface area (Å²) in [7, 11) is 0. The molecule has 0 bridgehead atoms. The van der Waals surface area contributed by atoms with Crippen molar-refractivity contribution < 1.29 is 0 Å². The van der Waals surface area contributed by atoms with E-state index in [0.717, 1.165) is 25.6 Å².